The second-order valence-electron chi connectivity index (χ2n) is 4.22. The van der Waals surface area contributed by atoms with Crippen molar-refractivity contribution in [3.8, 4) is 0 Å². The lowest BCUT2D eigenvalue weighted by molar-refractivity contribution is 0.177. The summed E-state index contributed by atoms with van der Waals surface area (Å²) in [5.41, 5.74) is 1.08. The highest BCUT2D eigenvalue weighted by molar-refractivity contribution is 5.36. The van der Waals surface area contributed by atoms with Crippen LogP contribution >= 0.6 is 0 Å². The Morgan fingerprint density at radius 1 is 1.38 bits per heavy atom. The maximum Gasteiger partial charge on any atom is 0.156 e. The summed E-state index contributed by atoms with van der Waals surface area (Å²) in [7, 11) is 1.66. The molecule has 90 valence electrons. The van der Waals surface area contributed by atoms with E-state index >= 15 is 0 Å². The van der Waals surface area contributed by atoms with E-state index in [4.69, 9.17) is 4.74 Å². The van der Waals surface area contributed by atoms with E-state index in [1.165, 1.54) is 0 Å². The molecule has 0 aliphatic heterocycles. The molecule has 0 aromatic carbocycles. The molecule has 0 spiro atoms. The number of hydrogen-bond donors (Lipinski definition) is 1. The first-order valence-corrected chi connectivity index (χ1v) is 5.75. The lowest BCUT2D eigenvalue weighted by Gasteiger charge is -2.09. The molecule has 0 radical (unpaired) electrons. The van der Waals surface area contributed by atoms with Crippen molar-refractivity contribution < 1.29 is 4.74 Å². The first-order chi connectivity index (χ1) is 7.65. The molecule has 0 amide bonds. The number of anilines is 1. The lowest BCUT2D eigenvalue weighted by Crippen LogP contribution is -2.08. The van der Waals surface area contributed by atoms with Crippen molar-refractivity contribution in [2.24, 2.45) is 5.92 Å². The predicted octanol–water partition coefficient (Wildman–Crippen LogP) is 2.25. The summed E-state index contributed by atoms with van der Waals surface area (Å²) in [6.07, 6.45) is 0.970. The second-order valence-corrected chi connectivity index (χ2v) is 4.22. The third-order valence-electron chi connectivity index (χ3n) is 2.07. The summed E-state index contributed by atoms with van der Waals surface area (Å²) >= 11 is 0. The third kappa shape index (κ3) is 4.14. The van der Waals surface area contributed by atoms with Crippen LogP contribution in [-0.2, 0) is 17.8 Å². The quantitative estimate of drug-likeness (QED) is 0.803. The van der Waals surface area contributed by atoms with Gasteiger partial charge in [-0.2, -0.15) is 0 Å². The molecular weight excluding hydrogens is 202 g/mol. The molecule has 0 fully saturated rings. The van der Waals surface area contributed by atoms with E-state index in [2.05, 4.69) is 36.1 Å². The summed E-state index contributed by atoms with van der Waals surface area (Å²) in [5.74, 6) is 2.23. The number of rotatable bonds is 6. The monoisotopic (exact) mass is 223 g/mol. The third-order valence-corrected chi connectivity index (χ3v) is 2.07. The minimum atomic E-state index is 0.463. The maximum absolute atomic E-state index is 5.07. The number of hydrogen-bond acceptors (Lipinski definition) is 4. The molecule has 16 heavy (non-hydrogen) atoms. The molecule has 4 heteroatoms. The molecule has 1 aromatic heterocycles. The average Bonchev–Trinajstić information content (AvgIpc) is 2.17. The Hall–Kier alpha value is -1.16. The number of ether oxygens (including phenoxy) is 1. The molecule has 1 rings (SSSR count). The van der Waals surface area contributed by atoms with E-state index in [9.17, 15) is 0 Å². The number of methoxy groups -OCH3 is 1. The Labute approximate surface area is 97.5 Å². The van der Waals surface area contributed by atoms with Gasteiger partial charge in [0.05, 0.1) is 0 Å². The summed E-state index contributed by atoms with van der Waals surface area (Å²) in [6, 6.07) is 2.02. The molecule has 1 N–H and O–H groups in total. The normalized spacial score (nSPS) is 10.8. The van der Waals surface area contributed by atoms with Crippen LogP contribution in [0.15, 0.2) is 6.07 Å². The van der Waals surface area contributed by atoms with E-state index in [0.29, 0.717) is 12.5 Å². The van der Waals surface area contributed by atoms with Crippen LogP contribution in [0.1, 0.15) is 32.3 Å². The van der Waals surface area contributed by atoms with Gasteiger partial charge in [-0.15, -0.1) is 0 Å². The highest BCUT2D eigenvalue weighted by atomic mass is 16.5. The van der Waals surface area contributed by atoms with Crippen molar-refractivity contribution in [1.82, 2.24) is 9.97 Å². The molecule has 0 aliphatic rings. The summed E-state index contributed by atoms with van der Waals surface area (Å²) in [6.45, 7) is 7.76. The van der Waals surface area contributed by atoms with Gasteiger partial charge in [-0.3, -0.25) is 0 Å². The van der Waals surface area contributed by atoms with E-state index in [0.717, 1.165) is 30.3 Å². The fourth-order valence-corrected chi connectivity index (χ4v) is 1.54. The SMILES string of the molecule is CCNc1cc(CC(C)C)nc(COC)n1. The highest BCUT2D eigenvalue weighted by Crippen LogP contribution is 2.11. The van der Waals surface area contributed by atoms with Crippen LogP contribution in [0, 0.1) is 5.92 Å². The molecule has 0 bridgehead atoms. The van der Waals surface area contributed by atoms with Crippen LogP contribution in [0.4, 0.5) is 5.82 Å². The van der Waals surface area contributed by atoms with Crippen molar-refractivity contribution in [2.45, 2.75) is 33.8 Å². The van der Waals surface area contributed by atoms with Gasteiger partial charge in [0.2, 0.25) is 0 Å². The Morgan fingerprint density at radius 2 is 2.12 bits per heavy atom. The average molecular weight is 223 g/mol. The van der Waals surface area contributed by atoms with Gasteiger partial charge in [-0.1, -0.05) is 13.8 Å². The molecule has 1 aromatic rings. The van der Waals surface area contributed by atoms with E-state index in [-0.39, 0.29) is 0 Å². The van der Waals surface area contributed by atoms with E-state index < -0.39 is 0 Å². The number of aromatic nitrogens is 2. The van der Waals surface area contributed by atoms with Gasteiger partial charge in [0, 0.05) is 25.4 Å². The van der Waals surface area contributed by atoms with E-state index in [1.807, 2.05) is 6.07 Å². The van der Waals surface area contributed by atoms with Crippen LogP contribution in [0.5, 0.6) is 0 Å². The summed E-state index contributed by atoms with van der Waals surface area (Å²) in [5, 5.41) is 3.21. The minimum absolute atomic E-state index is 0.463. The van der Waals surface area contributed by atoms with Gasteiger partial charge in [0.15, 0.2) is 5.82 Å². The first kappa shape index (κ1) is 12.9. The van der Waals surface area contributed by atoms with Gasteiger partial charge in [-0.05, 0) is 19.3 Å². The van der Waals surface area contributed by atoms with E-state index in [1.54, 1.807) is 7.11 Å². The zero-order valence-electron chi connectivity index (χ0n) is 10.6. The standard InChI is InChI=1S/C12H21N3O/c1-5-13-11-7-10(6-9(2)3)14-12(15-11)8-16-4/h7,9H,5-6,8H2,1-4H3,(H,13,14,15). The molecular formula is C12H21N3O. The first-order valence-electron chi connectivity index (χ1n) is 5.75. The van der Waals surface area contributed by atoms with Gasteiger partial charge < -0.3 is 10.1 Å². The Kier molecular flexibility index (Phi) is 5.19. The minimum Gasteiger partial charge on any atom is -0.377 e. The second kappa shape index (κ2) is 6.43. The van der Waals surface area contributed by atoms with Gasteiger partial charge in [-0.25, -0.2) is 9.97 Å². The van der Waals surface area contributed by atoms with Crippen LogP contribution < -0.4 is 5.32 Å². The fourth-order valence-electron chi connectivity index (χ4n) is 1.54. The van der Waals surface area contributed by atoms with Crippen molar-refractivity contribution >= 4 is 5.82 Å². The molecule has 0 atom stereocenters. The zero-order chi connectivity index (χ0) is 12.0. The topological polar surface area (TPSA) is 47.0 Å². The van der Waals surface area contributed by atoms with Gasteiger partial charge in [0.1, 0.15) is 12.4 Å². The van der Waals surface area contributed by atoms with Crippen LogP contribution in [0.3, 0.4) is 0 Å². The van der Waals surface area contributed by atoms with Crippen molar-refractivity contribution in [3.05, 3.63) is 17.6 Å². The molecule has 0 aliphatic carbocycles. The van der Waals surface area contributed by atoms with Crippen LogP contribution in [-0.4, -0.2) is 23.6 Å². The maximum atomic E-state index is 5.07. The largest absolute Gasteiger partial charge is 0.377 e. The van der Waals surface area contributed by atoms with Crippen molar-refractivity contribution in [2.75, 3.05) is 19.0 Å². The molecule has 0 saturated carbocycles. The van der Waals surface area contributed by atoms with Crippen LogP contribution in [0.2, 0.25) is 0 Å². The Bertz CT molecular complexity index is 302. The van der Waals surface area contributed by atoms with Crippen molar-refractivity contribution in [1.29, 1.82) is 0 Å². The molecule has 4 nitrogen and oxygen atoms in total. The Balaban J connectivity index is 2.88. The predicted molar refractivity (Wildman–Crippen MR) is 65.5 cm³/mol. The molecule has 0 saturated heterocycles. The van der Waals surface area contributed by atoms with Crippen molar-refractivity contribution in [3.63, 3.8) is 0 Å². The number of nitrogens with one attached hydrogen (secondary N) is 1. The van der Waals surface area contributed by atoms with Crippen LogP contribution in [0.25, 0.3) is 0 Å². The highest BCUT2D eigenvalue weighted by Gasteiger charge is 2.05. The van der Waals surface area contributed by atoms with Gasteiger partial charge >= 0.3 is 0 Å². The lowest BCUT2D eigenvalue weighted by atomic mass is 10.1. The summed E-state index contributed by atoms with van der Waals surface area (Å²) in [4.78, 5) is 8.84. The zero-order valence-corrected chi connectivity index (χ0v) is 10.6. The Morgan fingerprint density at radius 3 is 2.69 bits per heavy atom. The fraction of sp³-hybridized carbons (Fsp3) is 0.667. The number of nitrogens with zero attached hydrogens (tertiary/aromatic N) is 2. The summed E-state index contributed by atoms with van der Waals surface area (Å²) < 4.78 is 5.07. The van der Waals surface area contributed by atoms with Gasteiger partial charge in [0.25, 0.3) is 0 Å². The smallest absolute Gasteiger partial charge is 0.156 e. The molecule has 1 heterocycles. The molecule has 0 unspecified atom stereocenters.